The lowest BCUT2D eigenvalue weighted by atomic mass is 10.1. The molecular formula is C15H17N5O. The number of hydrogen-bond acceptors (Lipinski definition) is 5. The van der Waals surface area contributed by atoms with E-state index >= 15 is 0 Å². The minimum absolute atomic E-state index is 0.754. The van der Waals surface area contributed by atoms with Crippen LogP contribution in [0.25, 0.3) is 11.0 Å². The van der Waals surface area contributed by atoms with Crippen molar-refractivity contribution >= 4 is 16.9 Å². The number of anilines is 1. The summed E-state index contributed by atoms with van der Waals surface area (Å²) in [6, 6.07) is 8.07. The zero-order valence-electron chi connectivity index (χ0n) is 12.1. The molecule has 0 saturated heterocycles. The molecule has 3 aromatic rings. The Kier molecular flexibility index (Phi) is 3.68. The van der Waals surface area contributed by atoms with Crippen LogP contribution in [0.2, 0.25) is 0 Å². The molecule has 0 fully saturated rings. The van der Waals surface area contributed by atoms with Gasteiger partial charge in [0.05, 0.1) is 18.7 Å². The maximum absolute atomic E-state index is 5.38. The van der Waals surface area contributed by atoms with Gasteiger partial charge in [-0.05, 0) is 18.1 Å². The SMILES string of the molecule is COc1ccccc1CCN(C)c1ncnc2[nH]ncc12. The van der Waals surface area contributed by atoms with Crippen LogP contribution in [0, 0.1) is 0 Å². The molecule has 0 saturated carbocycles. The van der Waals surface area contributed by atoms with Crippen LogP contribution in [-0.2, 0) is 6.42 Å². The zero-order valence-corrected chi connectivity index (χ0v) is 12.1. The first-order valence-corrected chi connectivity index (χ1v) is 6.76. The molecule has 6 heteroatoms. The quantitative estimate of drug-likeness (QED) is 0.776. The molecule has 1 N–H and O–H groups in total. The van der Waals surface area contributed by atoms with Crippen molar-refractivity contribution in [2.75, 3.05) is 25.6 Å². The largest absolute Gasteiger partial charge is 0.496 e. The lowest BCUT2D eigenvalue weighted by Crippen LogP contribution is -2.21. The summed E-state index contributed by atoms with van der Waals surface area (Å²) in [6.07, 6.45) is 4.18. The van der Waals surface area contributed by atoms with Crippen molar-refractivity contribution in [3.05, 3.63) is 42.4 Å². The summed E-state index contributed by atoms with van der Waals surface area (Å²) in [5.74, 6) is 1.80. The van der Waals surface area contributed by atoms with Gasteiger partial charge in [0, 0.05) is 13.6 Å². The Labute approximate surface area is 122 Å². The van der Waals surface area contributed by atoms with Gasteiger partial charge in [0.25, 0.3) is 0 Å². The highest BCUT2D eigenvalue weighted by Crippen LogP contribution is 2.22. The summed E-state index contributed by atoms with van der Waals surface area (Å²) >= 11 is 0. The van der Waals surface area contributed by atoms with Gasteiger partial charge in [0.15, 0.2) is 5.65 Å². The topological polar surface area (TPSA) is 66.9 Å². The average Bonchev–Trinajstić information content (AvgIpc) is 3.01. The number of likely N-dealkylation sites (N-methyl/N-ethyl adjacent to an activating group) is 1. The van der Waals surface area contributed by atoms with Gasteiger partial charge in [-0.2, -0.15) is 5.10 Å². The molecule has 2 aromatic heterocycles. The van der Waals surface area contributed by atoms with Crippen LogP contribution in [0.15, 0.2) is 36.8 Å². The number of methoxy groups -OCH3 is 1. The molecule has 0 aliphatic heterocycles. The maximum Gasteiger partial charge on any atom is 0.160 e. The molecule has 3 rings (SSSR count). The van der Waals surface area contributed by atoms with Crippen molar-refractivity contribution in [3.63, 3.8) is 0 Å². The first kappa shape index (κ1) is 13.4. The summed E-state index contributed by atoms with van der Waals surface area (Å²) in [5, 5.41) is 7.81. The van der Waals surface area contributed by atoms with Gasteiger partial charge in [-0.15, -0.1) is 0 Å². The van der Waals surface area contributed by atoms with E-state index in [1.165, 1.54) is 5.56 Å². The average molecular weight is 283 g/mol. The highest BCUT2D eigenvalue weighted by molar-refractivity contribution is 5.85. The van der Waals surface area contributed by atoms with E-state index in [1.54, 1.807) is 19.6 Å². The maximum atomic E-state index is 5.38. The Bertz CT molecular complexity index is 740. The standard InChI is InChI=1S/C15H17N5O/c1-20(8-7-11-5-3-4-6-13(11)21-2)15-12-9-18-19-14(12)16-10-17-15/h3-6,9-10H,7-8H2,1-2H3,(H,16,17,18,19). The summed E-state index contributed by atoms with van der Waals surface area (Å²) in [6.45, 7) is 0.831. The third kappa shape index (κ3) is 2.65. The van der Waals surface area contributed by atoms with E-state index in [2.05, 4.69) is 31.1 Å². The molecule has 2 heterocycles. The van der Waals surface area contributed by atoms with Gasteiger partial charge in [-0.25, -0.2) is 9.97 Å². The number of aromatic nitrogens is 4. The van der Waals surface area contributed by atoms with E-state index in [0.717, 1.165) is 35.6 Å². The molecule has 0 bridgehead atoms. The smallest absolute Gasteiger partial charge is 0.160 e. The van der Waals surface area contributed by atoms with Gasteiger partial charge >= 0.3 is 0 Å². The lowest BCUT2D eigenvalue weighted by Gasteiger charge is -2.19. The van der Waals surface area contributed by atoms with Crippen LogP contribution >= 0.6 is 0 Å². The third-order valence-electron chi connectivity index (χ3n) is 3.50. The summed E-state index contributed by atoms with van der Waals surface area (Å²) in [4.78, 5) is 10.6. The number of hydrogen-bond donors (Lipinski definition) is 1. The number of rotatable bonds is 5. The van der Waals surface area contributed by atoms with Crippen LogP contribution in [0.1, 0.15) is 5.56 Å². The Morgan fingerprint density at radius 2 is 2.10 bits per heavy atom. The Morgan fingerprint density at radius 1 is 1.24 bits per heavy atom. The third-order valence-corrected chi connectivity index (χ3v) is 3.50. The van der Waals surface area contributed by atoms with E-state index in [4.69, 9.17) is 4.74 Å². The summed E-state index contributed by atoms with van der Waals surface area (Å²) in [5.41, 5.74) is 1.94. The number of ether oxygens (including phenoxy) is 1. The number of nitrogens with zero attached hydrogens (tertiary/aromatic N) is 4. The van der Waals surface area contributed by atoms with Gasteiger partial charge in [0.1, 0.15) is 17.9 Å². The Hall–Kier alpha value is -2.63. The van der Waals surface area contributed by atoms with Gasteiger partial charge in [-0.3, -0.25) is 5.10 Å². The molecular weight excluding hydrogens is 266 g/mol. The molecule has 0 aliphatic carbocycles. The van der Waals surface area contributed by atoms with E-state index in [9.17, 15) is 0 Å². The van der Waals surface area contributed by atoms with Gasteiger partial charge < -0.3 is 9.64 Å². The number of aromatic amines is 1. The normalized spacial score (nSPS) is 10.8. The molecule has 0 atom stereocenters. The van der Waals surface area contributed by atoms with Crippen molar-refractivity contribution < 1.29 is 4.74 Å². The number of benzene rings is 1. The molecule has 108 valence electrons. The first-order valence-electron chi connectivity index (χ1n) is 6.76. The van der Waals surface area contributed by atoms with Crippen molar-refractivity contribution in [1.29, 1.82) is 0 Å². The molecule has 0 radical (unpaired) electrons. The van der Waals surface area contributed by atoms with Crippen LogP contribution in [0.4, 0.5) is 5.82 Å². The van der Waals surface area contributed by atoms with E-state index in [1.807, 2.05) is 25.2 Å². The first-order chi connectivity index (χ1) is 10.3. The highest BCUT2D eigenvalue weighted by atomic mass is 16.5. The fourth-order valence-corrected chi connectivity index (χ4v) is 2.36. The Morgan fingerprint density at radius 3 is 2.95 bits per heavy atom. The second kappa shape index (κ2) is 5.78. The fraction of sp³-hybridized carbons (Fsp3) is 0.267. The van der Waals surface area contributed by atoms with Crippen molar-refractivity contribution in [2.45, 2.75) is 6.42 Å². The van der Waals surface area contributed by atoms with Crippen LogP contribution < -0.4 is 9.64 Å². The number of fused-ring (bicyclic) bond motifs is 1. The number of nitrogens with one attached hydrogen (secondary N) is 1. The predicted molar refractivity (Wildman–Crippen MR) is 81.7 cm³/mol. The van der Waals surface area contributed by atoms with E-state index in [-0.39, 0.29) is 0 Å². The van der Waals surface area contributed by atoms with Crippen LogP contribution in [0.3, 0.4) is 0 Å². The number of para-hydroxylation sites is 1. The van der Waals surface area contributed by atoms with Crippen molar-refractivity contribution in [3.8, 4) is 5.75 Å². The van der Waals surface area contributed by atoms with Crippen LogP contribution in [-0.4, -0.2) is 40.9 Å². The molecule has 0 spiro atoms. The van der Waals surface area contributed by atoms with Gasteiger partial charge in [-0.1, -0.05) is 18.2 Å². The fourth-order valence-electron chi connectivity index (χ4n) is 2.36. The monoisotopic (exact) mass is 283 g/mol. The summed E-state index contributed by atoms with van der Waals surface area (Å²) in [7, 11) is 3.71. The highest BCUT2D eigenvalue weighted by Gasteiger charge is 2.11. The second-order valence-corrected chi connectivity index (χ2v) is 4.81. The second-order valence-electron chi connectivity index (χ2n) is 4.81. The molecule has 1 aromatic carbocycles. The van der Waals surface area contributed by atoms with Crippen molar-refractivity contribution in [1.82, 2.24) is 20.2 Å². The van der Waals surface area contributed by atoms with Crippen molar-refractivity contribution in [2.24, 2.45) is 0 Å². The molecule has 6 nitrogen and oxygen atoms in total. The minimum atomic E-state index is 0.754. The Balaban J connectivity index is 1.77. The van der Waals surface area contributed by atoms with Crippen LogP contribution in [0.5, 0.6) is 5.75 Å². The molecule has 21 heavy (non-hydrogen) atoms. The minimum Gasteiger partial charge on any atom is -0.496 e. The number of H-pyrrole nitrogens is 1. The zero-order chi connectivity index (χ0) is 14.7. The molecule has 0 amide bonds. The summed E-state index contributed by atoms with van der Waals surface area (Å²) < 4.78 is 5.38. The van der Waals surface area contributed by atoms with Gasteiger partial charge in [0.2, 0.25) is 0 Å². The van der Waals surface area contributed by atoms with E-state index in [0.29, 0.717) is 0 Å². The lowest BCUT2D eigenvalue weighted by molar-refractivity contribution is 0.409. The molecule has 0 unspecified atom stereocenters. The molecule has 0 aliphatic rings. The van der Waals surface area contributed by atoms with E-state index < -0.39 is 0 Å². The predicted octanol–water partition coefficient (Wildman–Crippen LogP) is 2.04.